The molecule has 0 aliphatic carbocycles. The number of carbonyl (C=O) groups excluding carboxylic acids is 1. The van der Waals surface area contributed by atoms with Gasteiger partial charge in [-0.15, -0.1) is 0 Å². The molecule has 0 aliphatic heterocycles. The maximum absolute atomic E-state index is 11.7. The van der Waals surface area contributed by atoms with Crippen LogP contribution in [0.15, 0.2) is 47.8 Å². The van der Waals surface area contributed by atoms with Gasteiger partial charge in [0.2, 0.25) is 0 Å². The molecule has 0 saturated carbocycles. The van der Waals surface area contributed by atoms with Crippen LogP contribution >= 0.6 is 0 Å². The lowest BCUT2D eigenvalue weighted by atomic mass is 10.2. The van der Waals surface area contributed by atoms with Gasteiger partial charge in [0.25, 0.3) is 5.91 Å². The molecule has 6 heteroatoms. The molecule has 0 saturated heterocycles. The number of ether oxygens (including phenoxy) is 1. The molecule has 0 unspecified atom stereocenters. The Morgan fingerprint density at radius 1 is 1.35 bits per heavy atom. The minimum absolute atomic E-state index is 0.0488. The number of nitrogens with one attached hydrogen (secondary N) is 1. The van der Waals surface area contributed by atoms with E-state index in [1.807, 2.05) is 0 Å². The highest BCUT2D eigenvalue weighted by Gasteiger charge is 2.03. The van der Waals surface area contributed by atoms with Crippen LogP contribution < -0.4 is 10.2 Å². The maximum Gasteiger partial charge on any atom is 0.271 e. The van der Waals surface area contributed by atoms with E-state index in [9.17, 15) is 9.90 Å². The predicted octanol–water partition coefficient (Wildman–Crippen LogP) is 1.56. The van der Waals surface area contributed by atoms with E-state index >= 15 is 0 Å². The summed E-state index contributed by atoms with van der Waals surface area (Å²) in [6.07, 6.45) is 4.38. The van der Waals surface area contributed by atoms with Gasteiger partial charge in [-0.1, -0.05) is 0 Å². The van der Waals surface area contributed by atoms with Crippen molar-refractivity contribution in [2.45, 2.75) is 0 Å². The van der Waals surface area contributed by atoms with Gasteiger partial charge in [0.1, 0.15) is 11.5 Å². The molecule has 1 amide bonds. The summed E-state index contributed by atoms with van der Waals surface area (Å²) in [7, 11) is 1.53. The number of methoxy groups -OCH3 is 1. The molecule has 0 fully saturated rings. The summed E-state index contributed by atoms with van der Waals surface area (Å²) < 4.78 is 5.04. The largest absolute Gasteiger partial charge is 0.507 e. The summed E-state index contributed by atoms with van der Waals surface area (Å²) in [5.74, 6) is 0.281. The highest BCUT2D eigenvalue weighted by Crippen LogP contribution is 2.20. The average molecular weight is 271 g/mol. The highest BCUT2D eigenvalue weighted by atomic mass is 16.5. The van der Waals surface area contributed by atoms with Crippen LogP contribution in [-0.4, -0.2) is 29.3 Å². The fraction of sp³-hybridized carbons (Fsp3) is 0.0714. The number of pyridine rings is 1. The Labute approximate surface area is 115 Å². The molecular formula is C14H13N3O3. The molecule has 2 N–H and O–H groups in total. The third-order valence-corrected chi connectivity index (χ3v) is 2.55. The van der Waals surface area contributed by atoms with Crippen molar-refractivity contribution >= 4 is 12.1 Å². The van der Waals surface area contributed by atoms with Gasteiger partial charge in [-0.25, -0.2) is 5.43 Å². The van der Waals surface area contributed by atoms with E-state index in [0.29, 0.717) is 16.9 Å². The number of benzene rings is 1. The Balaban J connectivity index is 2.05. The third kappa shape index (κ3) is 3.32. The van der Waals surface area contributed by atoms with Crippen LogP contribution in [0.3, 0.4) is 0 Å². The normalized spacial score (nSPS) is 10.4. The summed E-state index contributed by atoms with van der Waals surface area (Å²) in [5, 5.41) is 13.4. The fourth-order valence-corrected chi connectivity index (χ4v) is 1.49. The molecule has 0 atom stereocenters. The molecule has 102 valence electrons. The van der Waals surface area contributed by atoms with E-state index in [4.69, 9.17) is 4.74 Å². The number of aromatic hydroxyl groups is 1. The van der Waals surface area contributed by atoms with Crippen LogP contribution in [0.5, 0.6) is 11.5 Å². The number of hydrogen-bond acceptors (Lipinski definition) is 5. The Morgan fingerprint density at radius 3 is 2.80 bits per heavy atom. The number of phenols is 1. The first-order valence-corrected chi connectivity index (χ1v) is 5.81. The summed E-state index contributed by atoms with van der Waals surface area (Å²) in [5.41, 5.74) is 3.26. The second-order valence-corrected chi connectivity index (χ2v) is 3.86. The summed E-state index contributed by atoms with van der Waals surface area (Å²) in [6, 6.07) is 7.88. The van der Waals surface area contributed by atoms with E-state index in [2.05, 4.69) is 15.5 Å². The van der Waals surface area contributed by atoms with Gasteiger partial charge in [-0.3, -0.25) is 9.78 Å². The highest BCUT2D eigenvalue weighted by molar-refractivity contribution is 5.94. The SMILES string of the molecule is COc1ccc(O)c(/C=N/NC(=O)c2ccncc2)c1. The van der Waals surface area contributed by atoms with Crippen molar-refractivity contribution in [3.8, 4) is 11.5 Å². The van der Waals surface area contributed by atoms with E-state index in [0.717, 1.165) is 0 Å². The molecule has 2 aromatic rings. The molecule has 0 spiro atoms. The van der Waals surface area contributed by atoms with Gasteiger partial charge >= 0.3 is 0 Å². The first-order valence-electron chi connectivity index (χ1n) is 5.81. The molecule has 0 radical (unpaired) electrons. The van der Waals surface area contributed by atoms with Crippen molar-refractivity contribution in [2.24, 2.45) is 5.10 Å². The zero-order valence-corrected chi connectivity index (χ0v) is 10.8. The van der Waals surface area contributed by atoms with Crippen LogP contribution in [0, 0.1) is 0 Å². The number of aromatic nitrogens is 1. The lowest BCUT2D eigenvalue weighted by Crippen LogP contribution is -2.17. The minimum atomic E-state index is -0.356. The average Bonchev–Trinajstić information content (AvgIpc) is 2.50. The fourth-order valence-electron chi connectivity index (χ4n) is 1.49. The molecular weight excluding hydrogens is 258 g/mol. The lowest BCUT2D eigenvalue weighted by molar-refractivity contribution is 0.0955. The van der Waals surface area contributed by atoms with Gasteiger partial charge in [0, 0.05) is 23.5 Å². The first-order chi connectivity index (χ1) is 9.70. The minimum Gasteiger partial charge on any atom is -0.507 e. The molecule has 1 aromatic heterocycles. The monoisotopic (exact) mass is 271 g/mol. The molecule has 1 aromatic carbocycles. The standard InChI is InChI=1S/C14H13N3O3/c1-20-12-2-3-13(18)11(8-12)9-16-17-14(19)10-4-6-15-7-5-10/h2-9,18H,1H3,(H,17,19)/b16-9+. The third-order valence-electron chi connectivity index (χ3n) is 2.55. The van der Waals surface area contributed by atoms with Crippen molar-refractivity contribution in [3.05, 3.63) is 53.9 Å². The topological polar surface area (TPSA) is 83.8 Å². The van der Waals surface area contributed by atoms with Gasteiger partial charge in [0.05, 0.1) is 13.3 Å². The smallest absolute Gasteiger partial charge is 0.271 e. The summed E-state index contributed by atoms with van der Waals surface area (Å²) >= 11 is 0. The number of amides is 1. The quantitative estimate of drug-likeness (QED) is 0.653. The van der Waals surface area contributed by atoms with E-state index in [1.165, 1.54) is 31.8 Å². The zero-order valence-electron chi connectivity index (χ0n) is 10.8. The molecule has 6 nitrogen and oxygen atoms in total. The van der Waals surface area contributed by atoms with Crippen molar-refractivity contribution in [1.29, 1.82) is 0 Å². The molecule has 20 heavy (non-hydrogen) atoms. The van der Waals surface area contributed by atoms with Crippen LogP contribution in [-0.2, 0) is 0 Å². The van der Waals surface area contributed by atoms with Crippen molar-refractivity contribution < 1.29 is 14.6 Å². The number of phenolic OH excluding ortho intramolecular Hbond substituents is 1. The Bertz CT molecular complexity index is 627. The van der Waals surface area contributed by atoms with Crippen molar-refractivity contribution in [2.75, 3.05) is 7.11 Å². The predicted molar refractivity (Wildman–Crippen MR) is 74.0 cm³/mol. The number of hydrazone groups is 1. The molecule has 2 rings (SSSR count). The Kier molecular flexibility index (Phi) is 4.28. The second-order valence-electron chi connectivity index (χ2n) is 3.86. The van der Waals surface area contributed by atoms with Crippen LogP contribution in [0.2, 0.25) is 0 Å². The van der Waals surface area contributed by atoms with Crippen LogP contribution in [0.25, 0.3) is 0 Å². The lowest BCUT2D eigenvalue weighted by Gasteiger charge is -2.03. The maximum atomic E-state index is 11.7. The summed E-state index contributed by atoms with van der Waals surface area (Å²) in [6.45, 7) is 0. The van der Waals surface area contributed by atoms with Crippen molar-refractivity contribution in [3.63, 3.8) is 0 Å². The van der Waals surface area contributed by atoms with E-state index in [-0.39, 0.29) is 11.7 Å². The number of carbonyl (C=O) groups is 1. The van der Waals surface area contributed by atoms with Gasteiger partial charge in [-0.2, -0.15) is 5.10 Å². The van der Waals surface area contributed by atoms with Gasteiger partial charge < -0.3 is 9.84 Å². The first kappa shape index (κ1) is 13.5. The van der Waals surface area contributed by atoms with Gasteiger partial charge in [-0.05, 0) is 30.3 Å². The van der Waals surface area contributed by atoms with Crippen LogP contribution in [0.4, 0.5) is 0 Å². The second kappa shape index (κ2) is 6.33. The molecule has 0 bridgehead atoms. The number of hydrogen-bond donors (Lipinski definition) is 2. The molecule has 1 heterocycles. The zero-order chi connectivity index (χ0) is 14.4. The Morgan fingerprint density at radius 2 is 2.10 bits per heavy atom. The van der Waals surface area contributed by atoms with Gasteiger partial charge in [0.15, 0.2) is 0 Å². The van der Waals surface area contributed by atoms with E-state index < -0.39 is 0 Å². The van der Waals surface area contributed by atoms with Crippen molar-refractivity contribution in [1.82, 2.24) is 10.4 Å². The summed E-state index contributed by atoms with van der Waals surface area (Å²) in [4.78, 5) is 15.5. The van der Waals surface area contributed by atoms with Crippen LogP contribution in [0.1, 0.15) is 15.9 Å². The van der Waals surface area contributed by atoms with E-state index in [1.54, 1.807) is 24.3 Å². The Hall–Kier alpha value is -2.89. The number of rotatable bonds is 4. The number of nitrogens with zero attached hydrogens (tertiary/aromatic N) is 2. The molecule has 0 aliphatic rings.